The molecule has 6 nitrogen and oxygen atoms in total. The molecule has 1 aromatic carbocycles. The Balaban J connectivity index is 2.37. The number of amides is 1. The smallest absolute Gasteiger partial charge is 0.260 e. The van der Waals surface area contributed by atoms with Gasteiger partial charge in [0.1, 0.15) is 5.56 Å². The van der Waals surface area contributed by atoms with Crippen LogP contribution in [-0.2, 0) is 0 Å². The van der Waals surface area contributed by atoms with Crippen LogP contribution in [0.4, 0.5) is 0 Å². The maximum absolute atomic E-state index is 12.8. The summed E-state index contributed by atoms with van der Waals surface area (Å²) < 4.78 is 7.39. The van der Waals surface area contributed by atoms with Gasteiger partial charge in [-0.1, -0.05) is 12.1 Å². The monoisotopic (exact) mass is 315 g/mol. The van der Waals surface area contributed by atoms with Crippen molar-refractivity contribution in [1.82, 2.24) is 9.99 Å². The molecule has 2 heterocycles. The number of carbonyl (C=O) groups is 1. The molecule has 1 aliphatic rings. The molecule has 2 aromatic rings. The van der Waals surface area contributed by atoms with Gasteiger partial charge in [-0.2, -0.15) is 0 Å². The van der Waals surface area contributed by atoms with Gasteiger partial charge in [-0.15, -0.1) is 0 Å². The lowest BCUT2D eigenvalue weighted by molar-refractivity contribution is 0.0957. The van der Waals surface area contributed by atoms with E-state index in [1.54, 1.807) is 6.07 Å². The molecule has 3 rings (SSSR count). The number of aromatic nitrogens is 1. The van der Waals surface area contributed by atoms with Crippen LogP contribution in [0.15, 0.2) is 29.1 Å². The standard InChI is InChI=1S/C17H21N3O3/c1-18-16(22)14-15(21)12-8-4-5-9-13(12)20(17(14)23-2)19-10-6-3-7-11-19/h4-5,8-9H,3,6-7,10-11H2,1-2H3,(H,18,22). The van der Waals surface area contributed by atoms with Gasteiger partial charge in [0.25, 0.3) is 5.91 Å². The van der Waals surface area contributed by atoms with E-state index in [4.69, 9.17) is 4.74 Å². The van der Waals surface area contributed by atoms with Crippen LogP contribution in [0.5, 0.6) is 5.88 Å². The van der Waals surface area contributed by atoms with Crippen molar-refractivity contribution < 1.29 is 9.53 Å². The van der Waals surface area contributed by atoms with E-state index >= 15 is 0 Å². The maximum atomic E-state index is 12.8. The Morgan fingerprint density at radius 3 is 2.52 bits per heavy atom. The molecule has 1 aliphatic heterocycles. The number of benzene rings is 1. The topological polar surface area (TPSA) is 63.6 Å². The number of pyridine rings is 1. The number of ether oxygens (including phenoxy) is 1. The first-order valence-corrected chi connectivity index (χ1v) is 7.88. The Morgan fingerprint density at radius 1 is 1.17 bits per heavy atom. The highest BCUT2D eigenvalue weighted by atomic mass is 16.5. The first-order valence-electron chi connectivity index (χ1n) is 7.88. The highest BCUT2D eigenvalue weighted by Gasteiger charge is 2.25. The normalized spacial score (nSPS) is 14.8. The van der Waals surface area contributed by atoms with Crippen molar-refractivity contribution in [3.8, 4) is 5.88 Å². The third-order valence-corrected chi connectivity index (χ3v) is 4.27. The second-order valence-corrected chi connectivity index (χ2v) is 5.64. The minimum Gasteiger partial charge on any atom is -0.480 e. The largest absolute Gasteiger partial charge is 0.480 e. The van der Waals surface area contributed by atoms with Crippen molar-refractivity contribution in [2.24, 2.45) is 0 Å². The fourth-order valence-corrected chi connectivity index (χ4v) is 3.17. The Labute approximate surface area is 134 Å². The van der Waals surface area contributed by atoms with Crippen molar-refractivity contribution in [3.05, 3.63) is 40.1 Å². The lowest BCUT2D eigenvalue weighted by Crippen LogP contribution is -2.42. The van der Waals surface area contributed by atoms with Gasteiger partial charge in [-0.05, 0) is 31.4 Å². The highest BCUT2D eigenvalue weighted by Crippen LogP contribution is 2.25. The van der Waals surface area contributed by atoms with Crippen LogP contribution in [0.3, 0.4) is 0 Å². The molecule has 122 valence electrons. The average Bonchev–Trinajstić information content (AvgIpc) is 2.61. The quantitative estimate of drug-likeness (QED) is 0.932. The van der Waals surface area contributed by atoms with Gasteiger partial charge in [0.15, 0.2) is 0 Å². The van der Waals surface area contributed by atoms with Crippen molar-refractivity contribution >= 4 is 16.8 Å². The van der Waals surface area contributed by atoms with Gasteiger partial charge >= 0.3 is 0 Å². The minimum absolute atomic E-state index is 0.0549. The summed E-state index contributed by atoms with van der Waals surface area (Å²) in [5.74, 6) is -0.127. The number of fused-ring (bicyclic) bond motifs is 1. The van der Waals surface area contributed by atoms with Gasteiger partial charge in [-0.3, -0.25) is 9.59 Å². The SMILES string of the molecule is CNC(=O)c1c(OC)n(N2CCCCC2)c2ccccc2c1=O. The molecule has 0 saturated carbocycles. The van der Waals surface area contributed by atoms with Crippen LogP contribution < -0.4 is 20.5 Å². The number of nitrogens with one attached hydrogen (secondary N) is 1. The zero-order valence-electron chi connectivity index (χ0n) is 13.5. The van der Waals surface area contributed by atoms with Crippen LogP contribution in [0, 0.1) is 0 Å². The Kier molecular flexibility index (Phi) is 4.23. The summed E-state index contributed by atoms with van der Waals surface area (Å²) in [5.41, 5.74) is 0.522. The summed E-state index contributed by atoms with van der Waals surface area (Å²) in [5, 5.41) is 5.22. The highest BCUT2D eigenvalue weighted by molar-refractivity contribution is 6.00. The van der Waals surface area contributed by atoms with Gasteiger partial charge in [0, 0.05) is 25.5 Å². The third kappa shape index (κ3) is 2.54. The molecule has 0 spiro atoms. The molecule has 0 bridgehead atoms. The zero-order valence-corrected chi connectivity index (χ0v) is 13.5. The van der Waals surface area contributed by atoms with Crippen molar-refractivity contribution in [2.75, 3.05) is 32.3 Å². The van der Waals surface area contributed by atoms with Crippen molar-refractivity contribution in [1.29, 1.82) is 0 Å². The lowest BCUT2D eigenvalue weighted by atomic mass is 10.1. The van der Waals surface area contributed by atoms with Gasteiger partial charge in [0.2, 0.25) is 11.3 Å². The van der Waals surface area contributed by atoms with E-state index in [1.165, 1.54) is 20.6 Å². The van der Waals surface area contributed by atoms with Crippen molar-refractivity contribution in [3.63, 3.8) is 0 Å². The summed E-state index contributed by atoms with van der Waals surface area (Å²) in [6.07, 6.45) is 3.36. The summed E-state index contributed by atoms with van der Waals surface area (Å²) >= 11 is 0. The molecule has 0 radical (unpaired) electrons. The molecule has 1 N–H and O–H groups in total. The summed E-state index contributed by atoms with van der Waals surface area (Å²) in [6.45, 7) is 1.74. The molecule has 1 saturated heterocycles. The predicted molar refractivity (Wildman–Crippen MR) is 90.0 cm³/mol. The fourth-order valence-electron chi connectivity index (χ4n) is 3.17. The van der Waals surface area contributed by atoms with E-state index in [2.05, 4.69) is 10.3 Å². The number of methoxy groups -OCH3 is 1. The van der Waals surface area contributed by atoms with E-state index in [-0.39, 0.29) is 11.0 Å². The summed E-state index contributed by atoms with van der Waals surface area (Å²) in [7, 11) is 3.01. The van der Waals surface area contributed by atoms with E-state index in [0.29, 0.717) is 11.3 Å². The minimum atomic E-state index is -0.427. The van der Waals surface area contributed by atoms with Crippen LogP contribution in [-0.4, -0.2) is 37.8 Å². The molecule has 0 unspecified atom stereocenters. The van der Waals surface area contributed by atoms with Crippen LogP contribution in [0.25, 0.3) is 10.9 Å². The first kappa shape index (κ1) is 15.4. The molecular formula is C17H21N3O3. The number of carbonyl (C=O) groups excluding carboxylic acids is 1. The Bertz CT molecular complexity index is 792. The van der Waals surface area contributed by atoms with Crippen LogP contribution in [0.1, 0.15) is 29.6 Å². The number of piperidine rings is 1. The number of para-hydroxylation sites is 1. The molecule has 1 amide bonds. The number of hydrogen-bond donors (Lipinski definition) is 1. The molecule has 6 heteroatoms. The fraction of sp³-hybridized carbons (Fsp3) is 0.412. The molecule has 23 heavy (non-hydrogen) atoms. The Morgan fingerprint density at radius 2 is 1.87 bits per heavy atom. The molecule has 1 aromatic heterocycles. The molecule has 0 atom stereocenters. The van der Waals surface area contributed by atoms with E-state index < -0.39 is 5.91 Å². The molecule has 0 aliphatic carbocycles. The second kappa shape index (κ2) is 6.32. The van der Waals surface area contributed by atoms with Crippen LogP contribution >= 0.6 is 0 Å². The maximum Gasteiger partial charge on any atom is 0.260 e. The van der Waals surface area contributed by atoms with E-state index in [1.807, 2.05) is 22.9 Å². The van der Waals surface area contributed by atoms with E-state index in [0.717, 1.165) is 31.4 Å². The number of rotatable bonds is 3. The van der Waals surface area contributed by atoms with Gasteiger partial charge < -0.3 is 15.1 Å². The first-order chi connectivity index (χ1) is 11.2. The lowest BCUT2D eigenvalue weighted by Gasteiger charge is -2.33. The number of nitrogens with zero attached hydrogens (tertiary/aromatic N) is 2. The molecule has 1 fully saturated rings. The van der Waals surface area contributed by atoms with Gasteiger partial charge in [0.05, 0.1) is 12.6 Å². The zero-order chi connectivity index (χ0) is 16.4. The average molecular weight is 315 g/mol. The second-order valence-electron chi connectivity index (χ2n) is 5.64. The Hall–Kier alpha value is -2.50. The third-order valence-electron chi connectivity index (χ3n) is 4.27. The van der Waals surface area contributed by atoms with Gasteiger partial charge in [-0.25, -0.2) is 4.68 Å². The summed E-state index contributed by atoms with van der Waals surface area (Å²) in [4.78, 5) is 25.0. The van der Waals surface area contributed by atoms with Crippen molar-refractivity contribution in [2.45, 2.75) is 19.3 Å². The number of hydrogen-bond acceptors (Lipinski definition) is 4. The predicted octanol–water partition coefficient (Wildman–Crippen LogP) is 1.49. The molecular weight excluding hydrogens is 294 g/mol. The summed E-state index contributed by atoms with van der Waals surface area (Å²) in [6, 6.07) is 7.34. The van der Waals surface area contributed by atoms with Crippen LogP contribution in [0.2, 0.25) is 0 Å². The van der Waals surface area contributed by atoms with E-state index in [9.17, 15) is 9.59 Å².